The summed E-state index contributed by atoms with van der Waals surface area (Å²) in [6.45, 7) is 2.58. The number of hydrogen-bond donors (Lipinski definition) is 2. The minimum Gasteiger partial charge on any atom is -0.384 e. The number of hydrogen-bond acceptors (Lipinski definition) is 5. The fourth-order valence-corrected chi connectivity index (χ4v) is 2.45. The molecule has 7 nitrogen and oxygen atoms in total. The van der Waals surface area contributed by atoms with Crippen molar-refractivity contribution in [1.29, 1.82) is 0 Å². The van der Waals surface area contributed by atoms with Gasteiger partial charge in [0.15, 0.2) is 0 Å². The Labute approximate surface area is 105 Å². The average molecular weight is 267 g/mol. The predicted molar refractivity (Wildman–Crippen MR) is 67.4 cm³/mol. The van der Waals surface area contributed by atoms with Gasteiger partial charge in [-0.3, -0.25) is 9.40 Å². The highest BCUT2D eigenvalue weighted by atomic mass is 32.2. The second-order valence-electron chi connectivity index (χ2n) is 3.61. The molecule has 0 radical (unpaired) electrons. The first-order valence-electron chi connectivity index (χ1n) is 5.28. The molecule has 18 heavy (non-hydrogen) atoms. The molecule has 0 unspecified atom stereocenters. The molecule has 0 fully saturated rings. The van der Waals surface area contributed by atoms with E-state index in [1.165, 1.54) is 24.5 Å². The van der Waals surface area contributed by atoms with Crippen LogP contribution in [0, 0.1) is 0 Å². The van der Waals surface area contributed by atoms with Crippen LogP contribution in [0.4, 0.5) is 11.5 Å². The lowest BCUT2D eigenvalue weighted by atomic mass is 10.5. The lowest BCUT2D eigenvalue weighted by Crippen LogP contribution is -2.13. The van der Waals surface area contributed by atoms with Crippen LogP contribution in [0.15, 0.2) is 35.6 Å². The van der Waals surface area contributed by atoms with E-state index in [4.69, 9.17) is 5.73 Å². The summed E-state index contributed by atoms with van der Waals surface area (Å²) in [6.07, 6.45) is 4.41. The molecular weight excluding hydrogens is 254 g/mol. The molecule has 2 heterocycles. The maximum Gasteiger partial charge on any atom is 0.262 e. The van der Waals surface area contributed by atoms with Crippen molar-refractivity contribution in [2.45, 2.75) is 18.4 Å². The minimum absolute atomic E-state index is 0.0687. The van der Waals surface area contributed by atoms with Gasteiger partial charge >= 0.3 is 0 Å². The van der Waals surface area contributed by atoms with Gasteiger partial charge in [0.1, 0.15) is 5.82 Å². The van der Waals surface area contributed by atoms with Crippen LogP contribution >= 0.6 is 0 Å². The van der Waals surface area contributed by atoms with Crippen LogP contribution in [-0.4, -0.2) is 23.2 Å². The third-order valence-electron chi connectivity index (χ3n) is 2.27. The molecule has 2 rings (SSSR count). The standard InChI is InChI=1S/C10H13N5O2S/c1-2-15-7-8(6-13-15)14-18(16,17)9-3-4-12-10(11)5-9/h3-7,14H,2H2,1H3,(H2,11,12). The van der Waals surface area contributed by atoms with Crippen LogP contribution in [0.3, 0.4) is 0 Å². The molecule has 0 atom stereocenters. The SMILES string of the molecule is CCn1cc(NS(=O)(=O)c2ccnc(N)c2)cn1. The molecule has 2 aromatic heterocycles. The van der Waals surface area contributed by atoms with E-state index >= 15 is 0 Å². The molecule has 2 aromatic rings. The Hall–Kier alpha value is -2.09. The zero-order valence-corrected chi connectivity index (χ0v) is 10.6. The molecule has 0 saturated carbocycles. The van der Waals surface area contributed by atoms with Gasteiger partial charge in [0, 0.05) is 25.0 Å². The fourth-order valence-electron chi connectivity index (χ4n) is 1.40. The summed E-state index contributed by atoms with van der Waals surface area (Å²) in [5.74, 6) is 0.155. The zero-order valence-electron chi connectivity index (χ0n) is 9.74. The quantitative estimate of drug-likeness (QED) is 0.848. The molecule has 0 aliphatic heterocycles. The summed E-state index contributed by atoms with van der Waals surface area (Å²) in [6, 6.07) is 2.68. The molecule has 0 aliphatic rings. The van der Waals surface area contributed by atoms with Crippen molar-refractivity contribution in [3.05, 3.63) is 30.7 Å². The Morgan fingerprint density at radius 1 is 1.50 bits per heavy atom. The third kappa shape index (κ3) is 2.59. The van der Waals surface area contributed by atoms with Crippen LogP contribution in [-0.2, 0) is 16.6 Å². The van der Waals surface area contributed by atoms with E-state index in [-0.39, 0.29) is 10.7 Å². The highest BCUT2D eigenvalue weighted by Crippen LogP contribution is 2.16. The first-order valence-corrected chi connectivity index (χ1v) is 6.76. The van der Waals surface area contributed by atoms with E-state index in [2.05, 4.69) is 14.8 Å². The number of nitrogens with one attached hydrogen (secondary N) is 1. The molecule has 0 bridgehead atoms. The van der Waals surface area contributed by atoms with Crippen molar-refractivity contribution in [2.24, 2.45) is 0 Å². The van der Waals surface area contributed by atoms with Gasteiger partial charge in [0.05, 0.1) is 16.8 Å². The van der Waals surface area contributed by atoms with E-state index in [0.29, 0.717) is 12.2 Å². The van der Waals surface area contributed by atoms with Crippen molar-refractivity contribution in [1.82, 2.24) is 14.8 Å². The first-order chi connectivity index (χ1) is 8.51. The van der Waals surface area contributed by atoms with Gasteiger partial charge in [0.25, 0.3) is 10.0 Å². The molecular formula is C10H13N5O2S. The van der Waals surface area contributed by atoms with Gasteiger partial charge in [0.2, 0.25) is 0 Å². The number of pyridine rings is 1. The Balaban J connectivity index is 2.27. The van der Waals surface area contributed by atoms with Crippen LogP contribution < -0.4 is 10.5 Å². The van der Waals surface area contributed by atoms with Crippen molar-refractivity contribution in [2.75, 3.05) is 10.5 Å². The second-order valence-corrected chi connectivity index (χ2v) is 5.29. The second kappa shape index (κ2) is 4.65. The molecule has 96 valence electrons. The molecule has 0 spiro atoms. The topological polar surface area (TPSA) is 103 Å². The average Bonchev–Trinajstić information content (AvgIpc) is 2.76. The summed E-state index contributed by atoms with van der Waals surface area (Å²) in [5, 5.41) is 3.98. The summed E-state index contributed by atoms with van der Waals surface area (Å²) in [4.78, 5) is 3.82. The van der Waals surface area contributed by atoms with Gasteiger partial charge in [-0.05, 0) is 13.0 Å². The summed E-state index contributed by atoms with van der Waals surface area (Å²) < 4.78 is 28.1. The van der Waals surface area contributed by atoms with E-state index in [1.54, 1.807) is 10.9 Å². The Morgan fingerprint density at radius 3 is 2.89 bits per heavy atom. The van der Waals surface area contributed by atoms with Gasteiger partial charge < -0.3 is 5.73 Å². The highest BCUT2D eigenvalue weighted by molar-refractivity contribution is 7.92. The predicted octanol–water partition coefficient (Wildman–Crippen LogP) is 0.681. The fraction of sp³-hybridized carbons (Fsp3) is 0.200. The van der Waals surface area contributed by atoms with Crippen LogP contribution in [0.25, 0.3) is 0 Å². The van der Waals surface area contributed by atoms with Gasteiger partial charge in [-0.25, -0.2) is 13.4 Å². The monoisotopic (exact) mass is 267 g/mol. The summed E-state index contributed by atoms with van der Waals surface area (Å²) in [5.41, 5.74) is 5.86. The normalized spacial score (nSPS) is 11.4. The largest absolute Gasteiger partial charge is 0.384 e. The van der Waals surface area contributed by atoms with Crippen molar-refractivity contribution < 1.29 is 8.42 Å². The number of rotatable bonds is 4. The third-order valence-corrected chi connectivity index (χ3v) is 3.65. The molecule has 0 amide bonds. The maximum absolute atomic E-state index is 12.0. The van der Waals surface area contributed by atoms with Gasteiger partial charge in [-0.2, -0.15) is 5.10 Å². The number of aromatic nitrogens is 3. The number of sulfonamides is 1. The number of nitrogens with zero attached hydrogens (tertiary/aromatic N) is 3. The van der Waals surface area contributed by atoms with Crippen LogP contribution in [0.1, 0.15) is 6.92 Å². The van der Waals surface area contributed by atoms with E-state index in [1.807, 2.05) is 6.92 Å². The van der Waals surface area contributed by atoms with E-state index in [9.17, 15) is 8.42 Å². The molecule has 0 saturated heterocycles. The first kappa shape index (κ1) is 12.4. The van der Waals surface area contributed by atoms with Crippen molar-refractivity contribution >= 4 is 21.5 Å². The van der Waals surface area contributed by atoms with Gasteiger partial charge in [-0.1, -0.05) is 0 Å². The lowest BCUT2D eigenvalue weighted by Gasteiger charge is -2.05. The molecule has 0 aromatic carbocycles. The van der Waals surface area contributed by atoms with Crippen molar-refractivity contribution in [3.63, 3.8) is 0 Å². The Morgan fingerprint density at radius 2 is 2.28 bits per heavy atom. The van der Waals surface area contributed by atoms with Gasteiger partial charge in [-0.15, -0.1) is 0 Å². The van der Waals surface area contributed by atoms with Crippen molar-refractivity contribution in [3.8, 4) is 0 Å². The summed E-state index contributed by atoms with van der Waals surface area (Å²) in [7, 11) is -3.65. The zero-order chi connectivity index (χ0) is 13.2. The number of nitrogen functional groups attached to an aromatic ring is 1. The lowest BCUT2D eigenvalue weighted by molar-refractivity contribution is 0.601. The smallest absolute Gasteiger partial charge is 0.262 e. The molecule has 3 N–H and O–H groups in total. The highest BCUT2D eigenvalue weighted by Gasteiger charge is 2.15. The van der Waals surface area contributed by atoms with E-state index < -0.39 is 10.0 Å². The van der Waals surface area contributed by atoms with Crippen LogP contribution in [0.2, 0.25) is 0 Å². The maximum atomic E-state index is 12.0. The molecule has 8 heteroatoms. The van der Waals surface area contributed by atoms with E-state index in [0.717, 1.165) is 0 Å². The Bertz CT molecular complexity index is 650. The number of aryl methyl sites for hydroxylation is 1. The van der Waals surface area contributed by atoms with Crippen LogP contribution in [0.5, 0.6) is 0 Å². The molecule has 0 aliphatic carbocycles. The number of anilines is 2. The summed E-state index contributed by atoms with van der Waals surface area (Å²) >= 11 is 0. The Kier molecular flexibility index (Phi) is 3.19. The minimum atomic E-state index is -3.65. The number of nitrogens with two attached hydrogens (primary N) is 1.